The minimum Gasteiger partial charge on any atom is -0.491 e. The molecule has 0 amide bonds. The van der Waals surface area contributed by atoms with E-state index in [9.17, 15) is 9.90 Å². The van der Waals surface area contributed by atoms with Crippen molar-refractivity contribution in [2.24, 2.45) is 7.05 Å². The number of fused-ring (bicyclic) bond motifs is 3. The Balaban J connectivity index is 1.45. The van der Waals surface area contributed by atoms with Gasteiger partial charge in [-0.15, -0.1) is 11.3 Å². The number of nitrogens with zero attached hydrogens (tertiary/aromatic N) is 2. The molecule has 27 heavy (non-hydrogen) atoms. The summed E-state index contributed by atoms with van der Waals surface area (Å²) in [4.78, 5) is 19.6. The van der Waals surface area contributed by atoms with E-state index in [0.29, 0.717) is 10.9 Å². The van der Waals surface area contributed by atoms with Crippen LogP contribution in [0.15, 0.2) is 34.2 Å². The molecule has 1 N–H and O–H groups in total. The van der Waals surface area contributed by atoms with Crippen LogP contribution in [0.5, 0.6) is 5.75 Å². The van der Waals surface area contributed by atoms with Gasteiger partial charge in [-0.1, -0.05) is 30.0 Å². The first-order valence-corrected chi connectivity index (χ1v) is 10.9. The lowest BCUT2D eigenvalue weighted by atomic mass is 10.2. The fourth-order valence-corrected chi connectivity index (χ4v) is 5.54. The number of ether oxygens (including phenoxy) is 1. The maximum atomic E-state index is 12.8. The maximum Gasteiger partial charge on any atom is 0.262 e. The lowest BCUT2D eigenvalue weighted by Crippen LogP contribution is -2.23. The van der Waals surface area contributed by atoms with Crippen molar-refractivity contribution in [3.8, 4) is 5.75 Å². The topological polar surface area (TPSA) is 64.3 Å². The second-order valence-electron chi connectivity index (χ2n) is 6.84. The summed E-state index contributed by atoms with van der Waals surface area (Å²) in [5.41, 5.74) is 2.26. The zero-order valence-corrected chi connectivity index (χ0v) is 17.0. The highest BCUT2D eigenvalue weighted by Gasteiger charge is 2.22. The molecule has 0 bridgehead atoms. The van der Waals surface area contributed by atoms with Crippen LogP contribution in [0, 0.1) is 6.92 Å². The summed E-state index contributed by atoms with van der Waals surface area (Å²) in [5.74, 6) is 1.20. The quantitative estimate of drug-likeness (QED) is 0.506. The van der Waals surface area contributed by atoms with Gasteiger partial charge in [-0.2, -0.15) is 0 Å². The van der Waals surface area contributed by atoms with Gasteiger partial charge in [0, 0.05) is 17.7 Å². The fourth-order valence-electron chi connectivity index (χ4n) is 3.36. The van der Waals surface area contributed by atoms with Crippen LogP contribution < -0.4 is 10.3 Å². The lowest BCUT2D eigenvalue weighted by Gasteiger charge is -2.14. The molecule has 2 heterocycles. The molecule has 0 fully saturated rings. The second-order valence-corrected chi connectivity index (χ2v) is 8.91. The van der Waals surface area contributed by atoms with Crippen LogP contribution in [-0.2, 0) is 19.9 Å². The molecular weight excluding hydrogens is 380 g/mol. The number of aryl methyl sites for hydroxylation is 3. The second kappa shape index (κ2) is 7.66. The number of aliphatic hydroxyl groups is 1. The van der Waals surface area contributed by atoms with Gasteiger partial charge in [0.25, 0.3) is 5.56 Å². The van der Waals surface area contributed by atoms with Crippen LogP contribution >= 0.6 is 23.1 Å². The summed E-state index contributed by atoms with van der Waals surface area (Å²) in [6.45, 7) is 2.19. The Morgan fingerprint density at radius 2 is 2.19 bits per heavy atom. The summed E-state index contributed by atoms with van der Waals surface area (Å²) in [5, 5.41) is 11.7. The number of hydrogen-bond donors (Lipinski definition) is 1. The number of para-hydroxylation sites is 1. The van der Waals surface area contributed by atoms with Gasteiger partial charge in [0.15, 0.2) is 5.16 Å². The summed E-state index contributed by atoms with van der Waals surface area (Å²) < 4.78 is 7.31. The smallest absolute Gasteiger partial charge is 0.262 e. The third-order valence-corrected chi connectivity index (χ3v) is 7.20. The fraction of sp³-hybridized carbons (Fsp3) is 0.400. The Hall–Kier alpha value is -1.83. The molecule has 1 aliphatic rings. The van der Waals surface area contributed by atoms with Gasteiger partial charge >= 0.3 is 0 Å². The number of thiophene rings is 1. The zero-order valence-electron chi connectivity index (χ0n) is 15.4. The van der Waals surface area contributed by atoms with Crippen LogP contribution in [0.1, 0.15) is 22.4 Å². The van der Waals surface area contributed by atoms with E-state index in [1.807, 2.05) is 31.2 Å². The standard InChI is InChI=1S/C20H22N2O3S2/c1-12-6-3-4-8-15(12)25-10-13(23)11-26-20-21-18-17(19(24)22(20)2)14-7-5-9-16(14)27-18/h3-4,6,8,13,23H,5,7,9-11H2,1-2H3/t13-/m0/s1. The van der Waals surface area contributed by atoms with Crippen LogP contribution in [0.25, 0.3) is 10.2 Å². The molecule has 0 spiro atoms. The van der Waals surface area contributed by atoms with Gasteiger partial charge in [0.1, 0.15) is 17.2 Å². The van der Waals surface area contributed by atoms with Crippen LogP contribution in [0.4, 0.5) is 0 Å². The average Bonchev–Trinajstić information content (AvgIpc) is 3.23. The number of benzene rings is 1. The molecule has 142 valence electrons. The molecule has 0 unspecified atom stereocenters. The van der Waals surface area contributed by atoms with Crippen molar-refractivity contribution < 1.29 is 9.84 Å². The summed E-state index contributed by atoms with van der Waals surface area (Å²) in [6.07, 6.45) is 2.52. The molecule has 4 rings (SSSR count). The molecule has 2 aromatic heterocycles. The van der Waals surface area contributed by atoms with E-state index in [-0.39, 0.29) is 12.2 Å². The SMILES string of the molecule is Cc1ccccc1OC[C@H](O)CSc1nc2sc3c(c2c(=O)n1C)CCC3. The van der Waals surface area contributed by atoms with Crippen molar-refractivity contribution in [2.75, 3.05) is 12.4 Å². The highest BCUT2D eigenvalue weighted by atomic mass is 32.2. The van der Waals surface area contributed by atoms with Gasteiger partial charge in [0.2, 0.25) is 0 Å². The molecule has 7 heteroatoms. The number of hydrogen-bond acceptors (Lipinski definition) is 6. The van der Waals surface area contributed by atoms with Crippen molar-refractivity contribution in [3.05, 3.63) is 50.6 Å². The molecule has 0 saturated heterocycles. The van der Waals surface area contributed by atoms with Gasteiger partial charge in [-0.25, -0.2) is 4.98 Å². The minimum absolute atomic E-state index is 0.0209. The van der Waals surface area contributed by atoms with Gasteiger partial charge in [0.05, 0.1) is 11.5 Å². The van der Waals surface area contributed by atoms with Gasteiger partial charge in [-0.05, 0) is 43.4 Å². The largest absolute Gasteiger partial charge is 0.491 e. The summed E-state index contributed by atoms with van der Waals surface area (Å²) >= 11 is 3.03. The predicted octanol–water partition coefficient (Wildman–Crippen LogP) is 3.32. The zero-order chi connectivity index (χ0) is 19.0. The van der Waals surface area contributed by atoms with E-state index >= 15 is 0 Å². The number of thioether (sulfide) groups is 1. The van der Waals surface area contributed by atoms with E-state index in [1.54, 1.807) is 23.0 Å². The molecular formula is C20H22N2O3S2. The van der Waals surface area contributed by atoms with Gasteiger partial charge < -0.3 is 9.84 Å². The normalized spacial score (nSPS) is 14.5. The lowest BCUT2D eigenvalue weighted by molar-refractivity contribution is 0.126. The molecule has 1 aromatic carbocycles. The summed E-state index contributed by atoms with van der Waals surface area (Å²) in [6, 6.07) is 7.74. The Morgan fingerprint density at radius 1 is 1.37 bits per heavy atom. The molecule has 3 aromatic rings. The Labute approximate surface area is 166 Å². The molecule has 0 saturated carbocycles. The van der Waals surface area contributed by atoms with Crippen molar-refractivity contribution >= 4 is 33.3 Å². The number of rotatable bonds is 6. The average molecular weight is 403 g/mol. The van der Waals surface area contributed by atoms with Crippen LogP contribution in [0.2, 0.25) is 0 Å². The van der Waals surface area contributed by atoms with E-state index in [1.165, 1.54) is 22.2 Å². The molecule has 0 aliphatic heterocycles. The third-order valence-electron chi connectivity index (χ3n) is 4.83. The van der Waals surface area contributed by atoms with E-state index < -0.39 is 6.10 Å². The number of aliphatic hydroxyl groups excluding tert-OH is 1. The highest BCUT2D eigenvalue weighted by Crippen LogP contribution is 2.35. The first-order chi connectivity index (χ1) is 13.0. The van der Waals surface area contributed by atoms with Crippen molar-refractivity contribution in [1.29, 1.82) is 0 Å². The maximum absolute atomic E-state index is 12.8. The monoisotopic (exact) mass is 402 g/mol. The molecule has 1 atom stereocenters. The minimum atomic E-state index is -0.643. The van der Waals surface area contributed by atoms with Crippen molar-refractivity contribution in [2.45, 2.75) is 37.4 Å². The highest BCUT2D eigenvalue weighted by molar-refractivity contribution is 7.99. The predicted molar refractivity (Wildman–Crippen MR) is 110 cm³/mol. The van der Waals surface area contributed by atoms with E-state index in [2.05, 4.69) is 0 Å². The Morgan fingerprint density at radius 3 is 3.00 bits per heavy atom. The third kappa shape index (κ3) is 3.63. The first-order valence-electron chi connectivity index (χ1n) is 9.05. The summed E-state index contributed by atoms with van der Waals surface area (Å²) in [7, 11) is 1.76. The van der Waals surface area contributed by atoms with Crippen molar-refractivity contribution in [1.82, 2.24) is 9.55 Å². The molecule has 0 radical (unpaired) electrons. The number of aromatic nitrogens is 2. The Bertz CT molecular complexity index is 1040. The van der Waals surface area contributed by atoms with E-state index in [4.69, 9.17) is 9.72 Å². The van der Waals surface area contributed by atoms with Crippen LogP contribution in [-0.4, -0.2) is 33.1 Å². The van der Waals surface area contributed by atoms with Crippen LogP contribution in [0.3, 0.4) is 0 Å². The first kappa shape index (κ1) is 18.5. The van der Waals surface area contributed by atoms with E-state index in [0.717, 1.165) is 40.8 Å². The molecule has 1 aliphatic carbocycles. The van der Waals surface area contributed by atoms with Gasteiger partial charge in [-0.3, -0.25) is 9.36 Å². The Kier molecular flexibility index (Phi) is 5.25. The van der Waals surface area contributed by atoms with Crippen molar-refractivity contribution in [3.63, 3.8) is 0 Å². The molecule has 5 nitrogen and oxygen atoms in total.